The Morgan fingerprint density at radius 3 is 2.67 bits per heavy atom. The number of ether oxygens (including phenoxy) is 1. The number of Topliss-reactive ketones (excluding diaryl/α,β-unsaturated/α-hetero) is 1. The molecular formula is C19H19N5O3. The zero-order valence-corrected chi connectivity index (χ0v) is 15.1. The molecule has 0 radical (unpaired) electrons. The lowest BCUT2D eigenvalue weighted by Crippen LogP contribution is -2.16. The standard InChI is InChI=1S/C19H19N5O3/c1-12-9-16(13(2)24(12)14-7-8-14)18(25)10-27-19(26)15-5-3-4-6-17(15)23-11-20-21-22-23/h3-6,9,11,14H,7-8,10H2,1-2H3. The van der Waals surface area contributed by atoms with Gasteiger partial charge in [-0.15, -0.1) is 5.10 Å². The number of carbonyl (C=O) groups is 2. The lowest BCUT2D eigenvalue weighted by Gasteiger charge is -2.09. The molecule has 3 aromatic rings. The van der Waals surface area contributed by atoms with Crippen molar-refractivity contribution >= 4 is 11.8 Å². The van der Waals surface area contributed by atoms with Crippen LogP contribution in [-0.4, -0.2) is 43.1 Å². The fourth-order valence-corrected chi connectivity index (χ4v) is 3.36. The van der Waals surface area contributed by atoms with Gasteiger partial charge in [0, 0.05) is 23.0 Å². The molecule has 138 valence electrons. The summed E-state index contributed by atoms with van der Waals surface area (Å²) in [5, 5.41) is 10.9. The van der Waals surface area contributed by atoms with Crippen molar-refractivity contribution < 1.29 is 14.3 Å². The van der Waals surface area contributed by atoms with Crippen LogP contribution < -0.4 is 0 Å². The highest BCUT2D eigenvalue weighted by atomic mass is 16.5. The van der Waals surface area contributed by atoms with Crippen molar-refractivity contribution in [2.24, 2.45) is 0 Å². The number of rotatable bonds is 6. The van der Waals surface area contributed by atoms with Crippen molar-refractivity contribution in [2.45, 2.75) is 32.7 Å². The number of para-hydroxylation sites is 1. The minimum atomic E-state index is -0.592. The number of aryl methyl sites for hydroxylation is 1. The van der Waals surface area contributed by atoms with Crippen molar-refractivity contribution in [3.8, 4) is 5.69 Å². The highest BCUT2D eigenvalue weighted by molar-refractivity contribution is 6.01. The Hall–Kier alpha value is -3.29. The lowest BCUT2D eigenvalue weighted by atomic mass is 10.1. The summed E-state index contributed by atoms with van der Waals surface area (Å²) in [5.41, 5.74) is 3.40. The smallest absolute Gasteiger partial charge is 0.340 e. The highest BCUT2D eigenvalue weighted by Crippen LogP contribution is 2.38. The van der Waals surface area contributed by atoms with Gasteiger partial charge in [0.25, 0.3) is 0 Å². The van der Waals surface area contributed by atoms with Crippen molar-refractivity contribution in [1.29, 1.82) is 0 Å². The summed E-state index contributed by atoms with van der Waals surface area (Å²) >= 11 is 0. The molecule has 1 aliphatic carbocycles. The van der Waals surface area contributed by atoms with Gasteiger partial charge in [-0.25, -0.2) is 4.79 Å². The number of hydrogen-bond donors (Lipinski definition) is 0. The molecule has 0 unspecified atom stereocenters. The molecule has 27 heavy (non-hydrogen) atoms. The summed E-state index contributed by atoms with van der Waals surface area (Å²) in [7, 11) is 0. The van der Waals surface area contributed by atoms with Crippen LogP contribution in [0.2, 0.25) is 0 Å². The molecule has 0 saturated heterocycles. The molecule has 0 aliphatic heterocycles. The number of aromatic nitrogens is 5. The molecule has 2 aromatic heterocycles. The number of nitrogens with zero attached hydrogens (tertiary/aromatic N) is 5. The average Bonchev–Trinajstić information content (AvgIpc) is 3.25. The molecular weight excluding hydrogens is 346 g/mol. The molecule has 0 atom stereocenters. The number of tetrazole rings is 1. The fraction of sp³-hybridized carbons (Fsp3) is 0.316. The summed E-state index contributed by atoms with van der Waals surface area (Å²) in [5.74, 6) is -0.797. The molecule has 0 spiro atoms. The van der Waals surface area contributed by atoms with Crippen LogP contribution in [0.5, 0.6) is 0 Å². The second kappa shape index (κ2) is 6.79. The third-order valence-corrected chi connectivity index (χ3v) is 4.75. The van der Waals surface area contributed by atoms with Gasteiger partial charge in [-0.05, 0) is 55.3 Å². The van der Waals surface area contributed by atoms with Crippen molar-refractivity contribution in [3.63, 3.8) is 0 Å². The van der Waals surface area contributed by atoms with Gasteiger partial charge in [-0.3, -0.25) is 4.79 Å². The summed E-state index contributed by atoms with van der Waals surface area (Å²) in [6, 6.07) is 9.18. The topological polar surface area (TPSA) is 91.9 Å². The van der Waals surface area contributed by atoms with Gasteiger partial charge in [-0.2, -0.15) is 4.68 Å². The van der Waals surface area contributed by atoms with Gasteiger partial charge < -0.3 is 9.30 Å². The first-order valence-electron chi connectivity index (χ1n) is 8.77. The first-order valence-corrected chi connectivity index (χ1v) is 8.77. The molecule has 1 fully saturated rings. The highest BCUT2D eigenvalue weighted by Gasteiger charge is 2.28. The predicted octanol–water partition coefficient (Wildman–Crippen LogP) is 2.46. The molecule has 1 aromatic carbocycles. The van der Waals surface area contributed by atoms with Crippen LogP contribution in [-0.2, 0) is 4.74 Å². The summed E-state index contributed by atoms with van der Waals surface area (Å²) < 4.78 is 8.86. The monoisotopic (exact) mass is 365 g/mol. The number of esters is 1. The maximum Gasteiger partial charge on any atom is 0.340 e. The number of hydrogen-bond acceptors (Lipinski definition) is 6. The number of carbonyl (C=O) groups excluding carboxylic acids is 2. The van der Waals surface area contributed by atoms with Crippen molar-refractivity contribution in [3.05, 3.63) is 59.2 Å². The lowest BCUT2D eigenvalue weighted by molar-refractivity contribution is 0.0474. The van der Waals surface area contributed by atoms with E-state index in [0.29, 0.717) is 22.9 Å². The molecule has 8 nitrogen and oxygen atoms in total. The Bertz CT molecular complexity index is 1000. The molecule has 0 amide bonds. The van der Waals surface area contributed by atoms with E-state index in [1.807, 2.05) is 19.9 Å². The van der Waals surface area contributed by atoms with Crippen molar-refractivity contribution in [2.75, 3.05) is 6.61 Å². The molecule has 0 N–H and O–H groups in total. The van der Waals surface area contributed by atoms with E-state index >= 15 is 0 Å². The van der Waals surface area contributed by atoms with Crippen LogP contribution >= 0.6 is 0 Å². The number of benzene rings is 1. The minimum absolute atomic E-state index is 0.205. The van der Waals surface area contributed by atoms with Crippen molar-refractivity contribution in [1.82, 2.24) is 24.8 Å². The maximum absolute atomic E-state index is 12.6. The van der Waals surface area contributed by atoms with Gasteiger partial charge in [0.05, 0.1) is 11.3 Å². The van der Waals surface area contributed by atoms with Crippen LogP contribution in [0.1, 0.15) is 51.0 Å². The predicted molar refractivity (Wildman–Crippen MR) is 95.9 cm³/mol. The van der Waals surface area contributed by atoms with E-state index in [1.165, 1.54) is 11.0 Å². The summed E-state index contributed by atoms with van der Waals surface area (Å²) in [4.78, 5) is 25.1. The Morgan fingerprint density at radius 1 is 1.19 bits per heavy atom. The average molecular weight is 365 g/mol. The molecule has 0 bridgehead atoms. The first-order chi connectivity index (χ1) is 13.1. The molecule has 1 saturated carbocycles. The summed E-state index contributed by atoms with van der Waals surface area (Å²) in [6.07, 6.45) is 3.68. The first kappa shape index (κ1) is 17.1. The van der Waals surface area contributed by atoms with E-state index in [9.17, 15) is 9.59 Å². The largest absolute Gasteiger partial charge is 0.454 e. The summed E-state index contributed by atoms with van der Waals surface area (Å²) in [6.45, 7) is 3.63. The van der Waals surface area contributed by atoms with Gasteiger partial charge in [0.2, 0.25) is 5.78 Å². The molecule has 2 heterocycles. The Labute approximate surface area is 155 Å². The second-order valence-electron chi connectivity index (χ2n) is 6.66. The van der Waals surface area contributed by atoms with Gasteiger partial charge in [0.15, 0.2) is 6.61 Å². The van der Waals surface area contributed by atoms with Crippen LogP contribution in [0.3, 0.4) is 0 Å². The Balaban J connectivity index is 1.49. The van der Waals surface area contributed by atoms with Gasteiger partial charge >= 0.3 is 5.97 Å². The Kier molecular flexibility index (Phi) is 4.31. The third-order valence-electron chi connectivity index (χ3n) is 4.75. The zero-order valence-electron chi connectivity index (χ0n) is 15.1. The van der Waals surface area contributed by atoms with E-state index in [4.69, 9.17) is 4.74 Å². The zero-order chi connectivity index (χ0) is 19.0. The quantitative estimate of drug-likeness (QED) is 0.492. The van der Waals surface area contributed by atoms with Gasteiger partial charge in [0.1, 0.15) is 6.33 Å². The number of ketones is 1. The van der Waals surface area contributed by atoms with E-state index in [0.717, 1.165) is 24.2 Å². The SMILES string of the molecule is Cc1cc(C(=O)COC(=O)c2ccccc2-n2cnnn2)c(C)n1C1CC1. The van der Waals surface area contributed by atoms with Gasteiger partial charge in [-0.1, -0.05) is 12.1 Å². The third kappa shape index (κ3) is 3.25. The van der Waals surface area contributed by atoms with Crippen LogP contribution in [0.4, 0.5) is 0 Å². The van der Waals surface area contributed by atoms with E-state index in [2.05, 4.69) is 20.1 Å². The normalized spacial score (nSPS) is 13.6. The molecule has 4 rings (SSSR count). The minimum Gasteiger partial charge on any atom is -0.454 e. The second-order valence-corrected chi connectivity index (χ2v) is 6.66. The van der Waals surface area contributed by atoms with Crippen LogP contribution in [0, 0.1) is 13.8 Å². The fourth-order valence-electron chi connectivity index (χ4n) is 3.36. The van der Waals surface area contributed by atoms with E-state index in [-0.39, 0.29) is 12.4 Å². The molecule has 1 aliphatic rings. The van der Waals surface area contributed by atoms with Crippen LogP contribution in [0.15, 0.2) is 36.7 Å². The van der Waals surface area contributed by atoms with Crippen LogP contribution in [0.25, 0.3) is 5.69 Å². The van der Waals surface area contributed by atoms with E-state index in [1.54, 1.807) is 24.3 Å². The van der Waals surface area contributed by atoms with E-state index < -0.39 is 5.97 Å². The maximum atomic E-state index is 12.6. The Morgan fingerprint density at radius 2 is 1.96 bits per heavy atom. The molecule has 8 heteroatoms.